The molecule has 0 amide bonds. The lowest BCUT2D eigenvalue weighted by molar-refractivity contribution is -0.144. The first-order valence-corrected chi connectivity index (χ1v) is 7.02. The minimum absolute atomic E-state index is 0.458. The van der Waals surface area contributed by atoms with Gasteiger partial charge in [0.05, 0.1) is 0 Å². The van der Waals surface area contributed by atoms with E-state index in [0.29, 0.717) is 19.7 Å². The molecule has 2 rings (SSSR count). The van der Waals surface area contributed by atoms with Crippen molar-refractivity contribution in [3.63, 3.8) is 0 Å². The van der Waals surface area contributed by atoms with Crippen LogP contribution in [-0.2, 0) is 4.79 Å². The molecule has 0 spiro atoms. The Morgan fingerprint density at radius 3 is 3.16 bits per heavy atom. The van der Waals surface area contributed by atoms with E-state index >= 15 is 0 Å². The van der Waals surface area contributed by atoms with Gasteiger partial charge in [0.15, 0.2) is 0 Å². The minimum Gasteiger partial charge on any atom is -0.492 e. The number of benzene rings is 1. The number of nitrogens with one attached hydrogen (secondary N) is 1. The molecule has 1 atom stereocenters. The molecular weight excluding hydrogens is 312 g/mol. The number of piperazine rings is 1. The highest BCUT2D eigenvalue weighted by atomic mass is 79.9. The fourth-order valence-electron chi connectivity index (χ4n) is 2.10. The molecule has 19 heavy (non-hydrogen) atoms. The number of carboxylic acid groups (broad SMARTS) is 1. The summed E-state index contributed by atoms with van der Waals surface area (Å²) in [5.41, 5.74) is 0. The molecule has 1 aromatic rings. The van der Waals surface area contributed by atoms with Crippen LogP contribution in [-0.4, -0.2) is 54.8 Å². The lowest BCUT2D eigenvalue weighted by Gasteiger charge is -2.33. The Morgan fingerprint density at radius 1 is 1.58 bits per heavy atom. The van der Waals surface area contributed by atoms with Crippen LogP contribution in [0.2, 0.25) is 0 Å². The summed E-state index contributed by atoms with van der Waals surface area (Å²) < 4.78 is 6.60. The highest BCUT2D eigenvalue weighted by Gasteiger charge is 2.27. The fourth-order valence-corrected chi connectivity index (χ4v) is 2.47. The first-order chi connectivity index (χ1) is 9.16. The van der Waals surface area contributed by atoms with Gasteiger partial charge in [0.2, 0.25) is 0 Å². The van der Waals surface area contributed by atoms with Crippen LogP contribution < -0.4 is 10.1 Å². The topological polar surface area (TPSA) is 61.8 Å². The summed E-state index contributed by atoms with van der Waals surface area (Å²) in [6, 6.07) is 7.16. The van der Waals surface area contributed by atoms with Gasteiger partial charge in [0, 0.05) is 30.7 Å². The number of hydrogen-bond acceptors (Lipinski definition) is 4. The molecule has 1 saturated heterocycles. The third kappa shape index (κ3) is 4.19. The summed E-state index contributed by atoms with van der Waals surface area (Å²) in [7, 11) is 0. The molecule has 0 aliphatic carbocycles. The predicted molar refractivity (Wildman–Crippen MR) is 75.5 cm³/mol. The zero-order valence-electron chi connectivity index (χ0n) is 10.5. The maximum atomic E-state index is 11.1. The van der Waals surface area contributed by atoms with Gasteiger partial charge in [-0.1, -0.05) is 22.0 Å². The van der Waals surface area contributed by atoms with Gasteiger partial charge in [-0.2, -0.15) is 0 Å². The number of hydrogen-bond donors (Lipinski definition) is 2. The molecule has 1 fully saturated rings. The monoisotopic (exact) mass is 328 g/mol. The Kier molecular flexibility index (Phi) is 5.18. The fraction of sp³-hybridized carbons (Fsp3) is 0.462. The van der Waals surface area contributed by atoms with Gasteiger partial charge in [-0.05, 0) is 18.2 Å². The Balaban J connectivity index is 1.82. The van der Waals surface area contributed by atoms with Crippen molar-refractivity contribution in [3.8, 4) is 5.75 Å². The lowest BCUT2D eigenvalue weighted by atomic mass is 10.2. The summed E-state index contributed by atoms with van der Waals surface area (Å²) >= 11 is 3.38. The van der Waals surface area contributed by atoms with Crippen molar-refractivity contribution in [2.75, 3.05) is 32.8 Å². The quantitative estimate of drug-likeness (QED) is 0.850. The van der Waals surface area contributed by atoms with Crippen LogP contribution in [0.3, 0.4) is 0 Å². The molecule has 1 aliphatic rings. The zero-order valence-corrected chi connectivity index (χ0v) is 12.1. The van der Waals surface area contributed by atoms with Crippen molar-refractivity contribution in [2.45, 2.75) is 6.04 Å². The highest BCUT2D eigenvalue weighted by Crippen LogP contribution is 2.17. The molecule has 1 unspecified atom stereocenters. The van der Waals surface area contributed by atoms with Gasteiger partial charge in [0.25, 0.3) is 0 Å². The molecule has 0 radical (unpaired) electrons. The Morgan fingerprint density at radius 2 is 2.42 bits per heavy atom. The molecule has 0 bridgehead atoms. The van der Waals surface area contributed by atoms with E-state index in [9.17, 15) is 4.79 Å². The van der Waals surface area contributed by atoms with Crippen molar-refractivity contribution in [3.05, 3.63) is 28.7 Å². The van der Waals surface area contributed by atoms with Crippen LogP contribution in [0, 0.1) is 0 Å². The molecule has 6 heteroatoms. The van der Waals surface area contributed by atoms with E-state index in [1.807, 2.05) is 29.2 Å². The molecule has 1 aromatic carbocycles. The molecule has 1 aliphatic heterocycles. The molecular formula is C13H17BrN2O3. The molecule has 0 aromatic heterocycles. The normalized spacial score (nSPS) is 20.2. The summed E-state index contributed by atoms with van der Waals surface area (Å²) in [6.45, 7) is 3.15. The minimum atomic E-state index is -0.783. The van der Waals surface area contributed by atoms with E-state index in [0.717, 1.165) is 23.3 Å². The van der Waals surface area contributed by atoms with Crippen molar-refractivity contribution in [1.82, 2.24) is 10.2 Å². The van der Waals surface area contributed by atoms with Crippen molar-refractivity contribution < 1.29 is 14.6 Å². The van der Waals surface area contributed by atoms with Crippen LogP contribution >= 0.6 is 15.9 Å². The average molecular weight is 329 g/mol. The number of rotatable bonds is 5. The van der Waals surface area contributed by atoms with Gasteiger partial charge in [-0.15, -0.1) is 0 Å². The third-order valence-electron chi connectivity index (χ3n) is 3.08. The SMILES string of the molecule is O=C(O)C1CNCCN1CCOc1cccc(Br)c1. The predicted octanol–water partition coefficient (Wildman–Crippen LogP) is 1.19. The summed E-state index contributed by atoms with van der Waals surface area (Å²) in [5.74, 6) is 0.00559. The molecule has 5 nitrogen and oxygen atoms in total. The van der Waals surface area contributed by atoms with Crippen molar-refractivity contribution in [2.24, 2.45) is 0 Å². The third-order valence-corrected chi connectivity index (χ3v) is 3.58. The second kappa shape index (κ2) is 6.88. The zero-order chi connectivity index (χ0) is 13.7. The van der Waals surface area contributed by atoms with E-state index in [1.54, 1.807) is 0 Å². The summed E-state index contributed by atoms with van der Waals surface area (Å²) in [6.07, 6.45) is 0. The average Bonchev–Trinajstić information content (AvgIpc) is 2.39. The number of carboxylic acids is 1. The molecule has 0 saturated carbocycles. The standard InChI is InChI=1S/C13H17BrN2O3/c14-10-2-1-3-11(8-10)19-7-6-16-5-4-15-9-12(16)13(17)18/h1-3,8,12,15H,4-7,9H2,(H,17,18). The van der Waals surface area contributed by atoms with E-state index < -0.39 is 12.0 Å². The Labute approximate surface area is 120 Å². The van der Waals surface area contributed by atoms with Crippen LogP contribution in [0.5, 0.6) is 5.75 Å². The van der Waals surface area contributed by atoms with Gasteiger partial charge < -0.3 is 15.2 Å². The first kappa shape index (κ1) is 14.3. The maximum Gasteiger partial charge on any atom is 0.322 e. The lowest BCUT2D eigenvalue weighted by Crippen LogP contribution is -2.55. The molecule has 2 N–H and O–H groups in total. The highest BCUT2D eigenvalue weighted by molar-refractivity contribution is 9.10. The number of aliphatic carboxylic acids is 1. The largest absolute Gasteiger partial charge is 0.492 e. The second-order valence-corrected chi connectivity index (χ2v) is 5.32. The van der Waals surface area contributed by atoms with E-state index in [-0.39, 0.29) is 0 Å². The van der Waals surface area contributed by atoms with Gasteiger partial charge in [0.1, 0.15) is 18.4 Å². The number of ether oxygens (including phenoxy) is 1. The van der Waals surface area contributed by atoms with E-state index in [4.69, 9.17) is 9.84 Å². The van der Waals surface area contributed by atoms with E-state index in [1.165, 1.54) is 0 Å². The Bertz CT molecular complexity index is 442. The second-order valence-electron chi connectivity index (χ2n) is 4.40. The smallest absolute Gasteiger partial charge is 0.322 e. The van der Waals surface area contributed by atoms with Crippen molar-refractivity contribution in [1.29, 1.82) is 0 Å². The first-order valence-electron chi connectivity index (χ1n) is 6.23. The van der Waals surface area contributed by atoms with Gasteiger partial charge in [-0.3, -0.25) is 9.69 Å². The van der Waals surface area contributed by atoms with Gasteiger partial charge >= 0.3 is 5.97 Å². The van der Waals surface area contributed by atoms with Gasteiger partial charge in [-0.25, -0.2) is 0 Å². The summed E-state index contributed by atoms with van der Waals surface area (Å²) in [4.78, 5) is 13.1. The van der Waals surface area contributed by atoms with Crippen LogP contribution in [0.15, 0.2) is 28.7 Å². The Hall–Kier alpha value is -1.11. The number of nitrogens with zero attached hydrogens (tertiary/aromatic N) is 1. The van der Waals surface area contributed by atoms with Crippen molar-refractivity contribution >= 4 is 21.9 Å². The number of halogens is 1. The van der Waals surface area contributed by atoms with Crippen LogP contribution in [0.4, 0.5) is 0 Å². The molecule has 1 heterocycles. The van der Waals surface area contributed by atoms with Crippen LogP contribution in [0.25, 0.3) is 0 Å². The molecule has 104 valence electrons. The van der Waals surface area contributed by atoms with E-state index in [2.05, 4.69) is 21.2 Å². The number of carbonyl (C=O) groups is 1. The summed E-state index contributed by atoms with van der Waals surface area (Å²) in [5, 5.41) is 12.2. The maximum absolute atomic E-state index is 11.1. The van der Waals surface area contributed by atoms with Crippen LogP contribution in [0.1, 0.15) is 0 Å².